The van der Waals surface area contributed by atoms with Crippen LogP contribution in [-0.2, 0) is 30.2 Å². The maximum absolute atomic E-state index is 15.0. The van der Waals surface area contributed by atoms with Gasteiger partial charge >= 0.3 is 7.12 Å². The molecule has 1 aromatic carbocycles. The second-order valence-electron chi connectivity index (χ2n) is 11.0. The number of benzene rings is 1. The summed E-state index contributed by atoms with van der Waals surface area (Å²) in [4.78, 5) is 28.4. The minimum Gasteiger partial charge on any atom is -0.399 e. The topological polar surface area (TPSA) is 68.3 Å². The molecule has 1 aromatic rings. The van der Waals surface area contributed by atoms with Crippen LogP contribution in [-0.4, -0.2) is 71.3 Å². The summed E-state index contributed by atoms with van der Waals surface area (Å²) in [5.41, 5.74) is -1.85. The van der Waals surface area contributed by atoms with Crippen LogP contribution in [0.4, 0.5) is 8.78 Å². The quantitative estimate of drug-likeness (QED) is 0.624. The van der Waals surface area contributed by atoms with Gasteiger partial charge in [0, 0.05) is 18.2 Å². The molecule has 3 saturated heterocycles. The molecule has 3 heterocycles. The minimum atomic E-state index is -0.875. The monoisotopic (exact) mass is 476 g/mol. The molecule has 1 atom stereocenters. The van der Waals surface area contributed by atoms with Gasteiger partial charge in [-0.15, -0.1) is 0 Å². The number of hydrogen-bond donors (Lipinski definition) is 0. The maximum Gasteiger partial charge on any atom is 0.495 e. The van der Waals surface area contributed by atoms with Crippen molar-refractivity contribution in [1.29, 1.82) is 0 Å². The predicted octanol–water partition coefficient (Wildman–Crippen LogP) is 2.15. The average Bonchev–Trinajstić information content (AvgIpc) is 3.55. The highest BCUT2D eigenvalue weighted by Gasteiger charge is 2.52. The zero-order chi connectivity index (χ0) is 24.5. The molecule has 3 aliphatic heterocycles. The molecule has 0 radical (unpaired) electrons. The highest BCUT2D eigenvalue weighted by atomic mass is 19.1. The Balaban J connectivity index is 1.27. The van der Waals surface area contributed by atoms with E-state index in [1.807, 2.05) is 32.6 Å². The second kappa shape index (κ2) is 8.00. The number of carbonyl (C=O) groups excluding carboxylic acids is 2. The summed E-state index contributed by atoms with van der Waals surface area (Å²) in [6, 6.07) is 2.70. The van der Waals surface area contributed by atoms with Crippen molar-refractivity contribution in [3.63, 3.8) is 0 Å². The van der Waals surface area contributed by atoms with Crippen LogP contribution in [0.1, 0.15) is 58.9 Å². The molecule has 34 heavy (non-hydrogen) atoms. The number of ether oxygens (including phenoxy) is 1. The lowest BCUT2D eigenvalue weighted by Gasteiger charge is -2.46. The third-order valence-electron chi connectivity index (χ3n) is 7.97. The van der Waals surface area contributed by atoms with Gasteiger partial charge in [-0.1, -0.05) is 0 Å². The summed E-state index contributed by atoms with van der Waals surface area (Å²) in [6.45, 7) is 8.02. The van der Waals surface area contributed by atoms with Gasteiger partial charge in [0.15, 0.2) is 0 Å². The molecule has 4 fully saturated rings. The number of likely N-dealkylation sites (tertiary alicyclic amines) is 1. The van der Waals surface area contributed by atoms with E-state index in [4.69, 9.17) is 14.0 Å². The van der Waals surface area contributed by atoms with Crippen molar-refractivity contribution < 1.29 is 32.4 Å². The Hall–Kier alpha value is -2.04. The fourth-order valence-corrected chi connectivity index (χ4v) is 4.91. The molecule has 0 aromatic heterocycles. The van der Waals surface area contributed by atoms with E-state index < -0.39 is 35.6 Å². The van der Waals surface area contributed by atoms with E-state index in [0.29, 0.717) is 19.5 Å². The van der Waals surface area contributed by atoms with E-state index >= 15 is 8.78 Å². The molecule has 2 amide bonds. The van der Waals surface area contributed by atoms with Crippen LogP contribution in [0.5, 0.6) is 0 Å². The Labute approximate surface area is 198 Å². The van der Waals surface area contributed by atoms with Crippen LogP contribution >= 0.6 is 0 Å². The SMILES string of the molecule is CC1(C)OB(c2cc(F)c(CN3CCC4(CC3=O)CN(C3CC3)C(=O)CO4)c(F)c2)OC1(C)C. The Morgan fingerprint density at radius 1 is 1.03 bits per heavy atom. The molecule has 1 saturated carbocycles. The largest absolute Gasteiger partial charge is 0.495 e. The van der Waals surface area contributed by atoms with Crippen molar-refractivity contribution in [2.75, 3.05) is 19.7 Å². The molecule has 0 bridgehead atoms. The van der Waals surface area contributed by atoms with Gasteiger partial charge in [-0.2, -0.15) is 0 Å². The molecule has 4 aliphatic rings. The number of carbonyl (C=O) groups is 2. The molecule has 0 N–H and O–H groups in total. The number of halogens is 2. The van der Waals surface area contributed by atoms with Gasteiger partial charge in [0.05, 0.1) is 36.3 Å². The fraction of sp³-hybridized carbons (Fsp3) is 0.667. The van der Waals surface area contributed by atoms with E-state index in [2.05, 4.69) is 0 Å². The number of rotatable bonds is 4. The number of nitrogens with zero attached hydrogens (tertiary/aromatic N) is 2. The Morgan fingerprint density at radius 3 is 2.21 bits per heavy atom. The smallest absolute Gasteiger partial charge is 0.399 e. The van der Waals surface area contributed by atoms with Crippen LogP contribution in [0.3, 0.4) is 0 Å². The summed E-state index contributed by atoms with van der Waals surface area (Å²) in [5, 5.41) is 0. The second-order valence-corrected chi connectivity index (χ2v) is 11.0. The first-order valence-electron chi connectivity index (χ1n) is 11.9. The van der Waals surface area contributed by atoms with Crippen LogP contribution in [0.2, 0.25) is 0 Å². The summed E-state index contributed by atoms with van der Waals surface area (Å²) in [5.74, 6) is -1.74. The van der Waals surface area contributed by atoms with Crippen molar-refractivity contribution in [3.05, 3.63) is 29.3 Å². The first-order valence-corrected chi connectivity index (χ1v) is 11.9. The van der Waals surface area contributed by atoms with Crippen LogP contribution < -0.4 is 5.46 Å². The molecule has 7 nitrogen and oxygen atoms in total. The Morgan fingerprint density at radius 2 is 1.65 bits per heavy atom. The zero-order valence-corrected chi connectivity index (χ0v) is 20.2. The molecule has 1 unspecified atom stereocenters. The normalized spacial score (nSPS) is 28.8. The van der Waals surface area contributed by atoms with E-state index in [1.54, 1.807) is 0 Å². The Kier molecular flexibility index (Phi) is 5.57. The number of morpholine rings is 1. The number of amides is 2. The van der Waals surface area contributed by atoms with Gasteiger partial charge in [-0.05, 0) is 64.6 Å². The van der Waals surface area contributed by atoms with Gasteiger partial charge in [0.1, 0.15) is 18.2 Å². The van der Waals surface area contributed by atoms with Crippen LogP contribution in [0.25, 0.3) is 0 Å². The lowest BCUT2D eigenvalue weighted by Crippen LogP contribution is -2.60. The van der Waals surface area contributed by atoms with Crippen molar-refractivity contribution in [1.82, 2.24) is 9.80 Å². The Bertz CT molecular complexity index is 992. The lowest BCUT2D eigenvalue weighted by molar-refractivity contribution is -0.178. The summed E-state index contributed by atoms with van der Waals surface area (Å²) < 4.78 is 47.7. The molecule has 10 heteroatoms. The van der Waals surface area contributed by atoms with Crippen molar-refractivity contribution in [2.45, 2.75) is 82.8 Å². The standard InChI is InChI=1S/C24H31BF2N2O5/c1-22(2)23(3,4)34-25(33-22)15-9-18(26)17(19(27)10-15)12-28-8-7-24(11-20(28)30)14-29(16-5-6-16)21(31)13-32-24/h9-10,16H,5-8,11-14H2,1-4H3. The number of hydrogen-bond acceptors (Lipinski definition) is 5. The van der Waals surface area contributed by atoms with Crippen LogP contribution in [0, 0.1) is 11.6 Å². The van der Waals surface area contributed by atoms with Gasteiger partial charge in [0.25, 0.3) is 0 Å². The molecular weight excluding hydrogens is 445 g/mol. The molecule has 5 rings (SSSR count). The zero-order valence-electron chi connectivity index (χ0n) is 20.2. The highest BCUT2D eigenvalue weighted by molar-refractivity contribution is 6.62. The van der Waals surface area contributed by atoms with Crippen molar-refractivity contribution in [2.24, 2.45) is 0 Å². The van der Waals surface area contributed by atoms with E-state index in [9.17, 15) is 9.59 Å². The average molecular weight is 476 g/mol. The van der Waals surface area contributed by atoms with Crippen LogP contribution in [0.15, 0.2) is 12.1 Å². The molecule has 1 spiro atoms. The van der Waals surface area contributed by atoms with Crippen molar-refractivity contribution in [3.8, 4) is 0 Å². The maximum atomic E-state index is 15.0. The first-order chi connectivity index (χ1) is 15.9. The first kappa shape index (κ1) is 23.7. The van der Waals surface area contributed by atoms with Gasteiger partial charge in [-0.25, -0.2) is 8.78 Å². The van der Waals surface area contributed by atoms with E-state index in [1.165, 1.54) is 17.0 Å². The van der Waals surface area contributed by atoms with Gasteiger partial charge < -0.3 is 23.8 Å². The third kappa shape index (κ3) is 4.14. The van der Waals surface area contributed by atoms with E-state index in [0.717, 1.165) is 12.8 Å². The number of piperidine rings is 1. The van der Waals surface area contributed by atoms with Gasteiger partial charge in [-0.3, -0.25) is 9.59 Å². The lowest BCUT2D eigenvalue weighted by atomic mass is 9.78. The third-order valence-corrected chi connectivity index (χ3v) is 7.97. The van der Waals surface area contributed by atoms with Gasteiger partial charge in [0.2, 0.25) is 11.8 Å². The van der Waals surface area contributed by atoms with E-state index in [-0.39, 0.29) is 48.5 Å². The summed E-state index contributed by atoms with van der Waals surface area (Å²) in [7, 11) is -0.875. The minimum absolute atomic E-state index is 0.0204. The summed E-state index contributed by atoms with van der Waals surface area (Å²) in [6.07, 6.45) is 2.59. The molecule has 1 aliphatic carbocycles. The fourth-order valence-electron chi connectivity index (χ4n) is 4.91. The predicted molar refractivity (Wildman–Crippen MR) is 120 cm³/mol. The summed E-state index contributed by atoms with van der Waals surface area (Å²) >= 11 is 0. The molecule has 184 valence electrons. The van der Waals surface area contributed by atoms with Crippen molar-refractivity contribution >= 4 is 24.4 Å². The highest BCUT2D eigenvalue weighted by Crippen LogP contribution is 2.38. The molecular formula is C24H31BF2N2O5.